The first-order chi connectivity index (χ1) is 16.5. The first-order valence-corrected chi connectivity index (χ1v) is 10.7. The number of carbonyl (C=O) groups excluding carboxylic acids is 2. The zero-order valence-corrected chi connectivity index (χ0v) is 18.6. The lowest BCUT2D eigenvalue weighted by molar-refractivity contribution is -0.138. The number of nitrogens with zero attached hydrogens (tertiary/aromatic N) is 4. The molecule has 0 saturated heterocycles. The molecule has 5 rings (SSSR count). The molecule has 0 radical (unpaired) electrons. The molecule has 0 N–H and O–H groups in total. The standard InChI is InChI=1S/C26H20N4O4/c1-16-20(25(31)29(2)26(32)21(16)14-27)12-18-15-30(19-6-4-3-5-7-19)28-24(18)17-8-9-22-23(13-17)34-11-10-33-22/h3-9,12-13,15H,10-11H2,1-2H3/b20-12+. The number of imide groups is 1. The van der Waals surface area contributed by atoms with E-state index in [9.17, 15) is 14.9 Å². The van der Waals surface area contributed by atoms with Crippen LogP contribution in [0.3, 0.4) is 0 Å². The molecule has 0 saturated carbocycles. The Morgan fingerprint density at radius 2 is 1.76 bits per heavy atom. The van der Waals surface area contributed by atoms with Gasteiger partial charge in [0.15, 0.2) is 11.5 Å². The number of hydrogen-bond donors (Lipinski definition) is 0. The molecule has 8 nitrogen and oxygen atoms in total. The second-order valence-corrected chi connectivity index (χ2v) is 7.91. The molecule has 2 amide bonds. The van der Waals surface area contributed by atoms with Crippen LogP contribution < -0.4 is 9.47 Å². The molecule has 2 aromatic carbocycles. The van der Waals surface area contributed by atoms with E-state index in [1.54, 1.807) is 17.7 Å². The van der Waals surface area contributed by atoms with Gasteiger partial charge in [-0.05, 0) is 48.9 Å². The average molecular weight is 452 g/mol. The molecule has 0 bridgehead atoms. The highest BCUT2D eigenvalue weighted by Gasteiger charge is 2.33. The zero-order valence-electron chi connectivity index (χ0n) is 18.6. The number of rotatable bonds is 3. The molecule has 3 aromatic rings. The third kappa shape index (κ3) is 3.53. The molecule has 2 aliphatic heterocycles. The highest BCUT2D eigenvalue weighted by molar-refractivity contribution is 6.19. The van der Waals surface area contributed by atoms with Crippen LogP contribution in [0.15, 0.2) is 71.4 Å². The highest BCUT2D eigenvalue weighted by atomic mass is 16.6. The Hall–Kier alpha value is -4.64. The van der Waals surface area contributed by atoms with E-state index >= 15 is 0 Å². The maximum absolute atomic E-state index is 13.0. The van der Waals surface area contributed by atoms with E-state index in [1.165, 1.54) is 7.05 Å². The highest BCUT2D eigenvalue weighted by Crippen LogP contribution is 2.36. The van der Waals surface area contributed by atoms with E-state index in [4.69, 9.17) is 14.6 Å². The van der Waals surface area contributed by atoms with Gasteiger partial charge in [0.05, 0.1) is 5.69 Å². The molecule has 0 aliphatic carbocycles. The smallest absolute Gasteiger partial charge is 0.271 e. The summed E-state index contributed by atoms with van der Waals surface area (Å²) in [6.45, 7) is 2.56. The molecule has 0 atom stereocenters. The van der Waals surface area contributed by atoms with E-state index in [1.807, 2.05) is 60.8 Å². The van der Waals surface area contributed by atoms with Crippen LogP contribution in [0.2, 0.25) is 0 Å². The molecule has 34 heavy (non-hydrogen) atoms. The summed E-state index contributed by atoms with van der Waals surface area (Å²) in [7, 11) is 1.37. The van der Waals surface area contributed by atoms with Gasteiger partial charge in [-0.15, -0.1) is 0 Å². The van der Waals surface area contributed by atoms with Crippen LogP contribution in [0.1, 0.15) is 12.5 Å². The SMILES string of the molecule is CC1=C(C#N)C(=O)N(C)C(=O)/C1=C/c1cn(-c2ccccc2)nc1-c1ccc2c(c1)OCCO2. The van der Waals surface area contributed by atoms with Crippen LogP contribution in [0, 0.1) is 11.3 Å². The fourth-order valence-corrected chi connectivity index (χ4v) is 3.97. The monoisotopic (exact) mass is 452 g/mol. The number of fused-ring (bicyclic) bond motifs is 1. The van der Waals surface area contributed by atoms with E-state index in [-0.39, 0.29) is 11.1 Å². The fourth-order valence-electron chi connectivity index (χ4n) is 3.97. The van der Waals surface area contributed by atoms with Gasteiger partial charge >= 0.3 is 0 Å². The molecular formula is C26H20N4O4. The van der Waals surface area contributed by atoms with Crippen molar-refractivity contribution in [2.75, 3.05) is 20.3 Å². The van der Waals surface area contributed by atoms with Gasteiger partial charge < -0.3 is 9.47 Å². The Morgan fingerprint density at radius 3 is 2.50 bits per heavy atom. The van der Waals surface area contributed by atoms with Gasteiger partial charge in [0.25, 0.3) is 11.8 Å². The van der Waals surface area contributed by atoms with E-state index in [0.29, 0.717) is 41.5 Å². The minimum absolute atomic E-state index is 0.0512. The van der Waals surface area contributed by atoms with Crippen molar-refractivity contribution >= 4 is 17.9 Å². The summed E-state index contributed by atoms with van der Waals surface area (Å²) in [4.78, 5) is 26.3. The molecule has 1 aromatic heterocycles. The maximum Gasteiger partial charge on any atom is 0.271 e. The number of benzene rings is 2. The summed E-state index contributed by atoms with van der Waals surface area (Å²) >= 11 is 0. The Morgan fingerprint density at radius 1 is 1.03 bits per heavy atom. The second kappa shape index (κ2) is 8.37. The Labute approximate surface area is 195 Å². The zero-order chi connectivity index (χ0) is 23.8. The van der Waals surface area contributed by atoms with Crippen LogP contribution in [-0.2, 0) is 9.59 Å². The normalized spacial score (nSPS) is 16.7. The van der Waals surface area contributed by atoms with Crippen molar-refractivity contribution in [3.8, 4) is 34.5 Å². The van der Waals surface area contributed by atoms with E-state index in [0.717, 1.165) is 16.2 Å². The van der Waals surface area contributed by atoms with Crippen LogP contribution in [0.25, 0.3) is 23.0 Å². The molecule has 0 fully saturated rings. The van der Waals surface area contributed by atoms with Crippen molar-refractivity contribution in [3.05, 3.63) is 77.0 Å². The van der Waals surface area contributed by atoms with Crippen LogP contribution in [0.5, 0.6) is 11.5 Å². The topological polar surface area (TPSA) is 97.5 Å². The molecule has 168 valence electrons. The predicted molar refractivity (Wildman–Crippen MR) is 124 cm³/mol. The van der Waals surface area contributed by atoms with Crippen LogP contribution in [0.4, 0.5) is 0 Å². The first kappa shape index (κ1) is 21.2. The van der Waals surface area contributed by atoms with Crippen LogP contribution in [-0.4, -0.2) is 46.8 Å². The van der Waals surface area contributed by atoms with Crippen molar-refractivity contribution in [3.63, 3.8) is 0 Å². The van der Waals surface area contributed by atoms with Crippen molar-refractivity contribution in [2.45, 2.75) is 6.92 Å². The molecule has 0 unspecified atom stereocenters. The number of hydrogen-bond acceptors (Lipinski definition) is 6. The lowest BCUT2D eigenvalue weighted by atomic mass is 9.93. The minimum atomic E-state index is -0.603. The van der Waals surface area contributed by atoms with Gasteiger partial charge in [0.1, 0.15) is 30.6 Å². The van der Waals surface area contributed by atoms with Gasteiger partial charge in [-0.3, -0.25) is 14.5 Å². The molecule has 8 heteroatoms. The number of para-hydroxylation sites is 1. The lowest BCUT2D eigenvalue weighted by Crippen LogP contribution is -2.39. The number of nitriles is 1. The summed E-state index contributed by atoms with van der Waals surface area (Å²) < 4.78 is 13.1. The minimum Gasteiger partial charge on any atom is -0.486 e. The summed E-state index contributed by atoms with van der Waals surface area (Å²) in [6, 6.07) is 17.1. The predicted octanol–water partition coefficient (Wildman–Crippen LogP) is 3.53. The van der Waals surface area contributed by atoms with Crippen molar-refractivity contribution in [1.29, 1.82) is 5.26 Å². The van der Waals surface area contributed by atoms with Crippen molar-refractivity contribution < 1.29 is 19.1 Å². The maximum atomic E-state index is 13.0. The van der Waals surface area contributed by atoms with E-state index < -0.39 is 11.8 Å². The van der Waals surface area contributed by atoms with Gasteiger partial charge in [0, 0.05) is 29.9 Å². The second-order valence-electron chi connectivity index (χ2n) is 7.91. The van der Waals surface area contributed by atoms with Gasteiger partial charge in [-0.2, -0.15) is 10.4 Å². The Bertz CT molecular complexity index is 1430. The van der Waals surface area contributed by atoms with Gasteiger partial charge in [-0.25, -0.2) is 4.68 Å². The largest absolute Gasteiger partial charge is 0.486 e. The third-order valence-electron chi connectivity index (χ3n) is 5.82. The molecule has 0 spiro atoms. The van der Waals surface area contributed by atoms with E-state index in [2.05, 4.69) is 0 Å². The Balaban J connectivity index is 1.70. The number of amides is 2. The fraction of sp³-hybridized carbons (Fsp3) is 0.154. The molecular weight excluding hydrogens is 432 g/mol. The quantitative estimate of drug-likeness (QED) is 0.445. The summed E-state index contributed by atoms with van der Waals surface area (Å²) in [6.07, 6.45) is 3.49. The molecule has 2 aliphatic rings. The third-order valence-corrected chi connectivity index (χ3v) is 5.82. The van der Waals surface area contributed by atoms with Gasteiger partial charge in [-0.1, -0.05) is 18.2 Å². The van der Waals surface area contributed by atoms with Crippen molar-refractivity contribution in [2.24, 2.45) is 0 Å². The summed E-state index contributed by atoms with van der Waals surface area (Å²) in [5.41, 5.74) is 3.46. The molecule has 3 heterocycles. The first-order valence-electron chi connectivity index (χ1n) is 10.7. The number of ether oxygens (including phenoxy) is 2. The van der Waals surface area contributed by atoms with Gasteiger partial charge in [0.2, 0.25) is 0 Å². The number of likely N-dealkylation sites (N-methyl/N-ethyl adjacent to an activating group) is 1. The lowest BCUT2D eigenvalue weighted by Gasteiger charge is -2.23. The summed E-state index contributed by atoms with van der Waals surface area (Å²) in [5, 5.41) is 14.3. The summed E-state index contributed by atoms with van der Waals surface area (Å²) in [5.74, 6) is 0.215. The van der Waals surface area contributed by atoms with Crippen molar-refractivity contribution in [1.82, 2.24) is 14.7 Å². The Kier molecular flexibility index (Phi) is 5.22. The number of aromatic nitrogens is 2. The average Bonchev–Trinajstić information content (AvgIpc) is 3.30. The van der Waals surface area contributed by atoms with Crippen LogP contribution >= 0.6 is 0 Å². The number of carbonyl (C=O) groups is 2.